The number of para-hydroxylation sites is 1. The van der Waals surface area contributed by atoms with Crippen LogP contribution in [-0.2, 0) is 0 Å². The van der Waals surface area contributed by atoms with Gasteiger partial charge in [-0.15, -0.1) is 22.7 Å². The van der Waals surface area contributed by atoms with Gasteiger partial charge in [-0.05, 0) is 50.2 Å². The predicted octanol–water partition coefficient (Wildman–Crippen LogP) is 3.85. The van der Waals surface area contributed by atoms with Gasteiger partial charge in [0.15, 0.2) is 0 Å². The Kier molecular flexibility index (Phi) is 4.35. The summed E-state index contributed by atoms with van der Waals surface area (Å²) >= 11 is 3.22. The summed E-state index contributed by atoms with van der Waals surface area (Å²) in [6.45, 7) is 1.98. The van der Waals surface area contributed by atoms with E-state index in [4.69, 9.17) is 0 Å². The first-order valence-corrected chi connectivity index (χ1v) is 9.79. The first-order chi connectivity index (χ1) is 11.7. The molecule has 0 saturated carbocycles. The lowest BCUT2D eigenvalue weighted by Crippen LogP contribution is -2.43. The second kappa shape index (κ2) is 6.63. The number of hydrogen-bond acceptors (Lipinski definition) is 5. The number of rotatable bonds is 3. The van der Waals surface area contributed by atoms with Crippen molar-refractivity contribution >= 4 is 38.8 Å². The average Bonchev–Trinajstić information content (AvgIpc) is 3.27. The fourth-order valence-corrected chi connectivity index (χ4v) is 5.09. The molecule has 1 aliphatic heterocycles. The van der Waals surface area contributed by atoms with Crippen LogP contribution in [0, 0.1) is 0 Å². The number of amides is 1. The zero-order chi connectivity index (χ0) is 16.5. The minimum absolute atomic E-state index is 0.124. The van der Waals surface area contributed by atoms with Crippen LogP contribution in [-0.4, -0.2) is 42.0 Å². The van der Waals surface area contributed by atoms with Gasteiger partial charge in [0.2, 0.25) is 0 Å². The van der Waals surface area contributed by atoms with Crippen molar-refractivity contribution in [3.8, 4) is 9.88 Å². The van der Waals surface area contributed by atoms with E-state index in [0.29, 0.717) is 6.04 Å². The van der Waals surface area contributed by atoms with Crippen molar-refractivity contribution < 1.29 is 4.79 Å². The van der Waals surface area contributed by atoms with Gasteiger partial charge in [-0.2, -0.15) is 0 Å². The summed E-state index contributed by atoms with van der Waals surface area (Å²) in [5.74, 6) is 0.124. The Labute approximate surface area is 149 Å². The summed E-state index contributed by atoms with van der Waals surface area (Å²) in [6.07, 6.45) is 2.05. The molecule has 0 aliphatic carbocycles. The summed E-state index contributed by atoms with van der Waals surface area (Å²) in [7, 11) is 1.93. The third kappa shape index (κ3) is 2.97. The third-order valence-electron chi connectivity index (χ3n) is 4.50. The van der Waals surface area contributed by atoms with E-state index in [-0.39, 0.29) is 5.91 Å². The normalized spacial score (nSPS) is 15.7. The molecule has 1 saturated heterocycles. The molecule has 1 aromatic carbocycles. The number of piperidine rings is 1. The van der Waals surface area contributed by atoms with Crippen molar-refractivity contribution in [1.29, 1.82) is 0 Å². The number of benzene rings is 1. The topological polar surface area (TPSA) is 45.2 Å². The Balaban J connectivity index is 1.56. The zero-order valence-corrected chi connectivity index (χ0v) is 15.1. The van der Waals surface area contributed by atoms with E-state index in [9.17, 15) is 4.79 Å². The van der Waals surface area contributed by atoms with Gasteiger partial charge in [0.1, 0.15) is 5.01 Å². The largest absolute Gasteiger partial charge is 0.338 e. The number of fused-ring (bicyclic) bond motifs is 1. The van der Waals surface area contributed by atoms with Crippen LogP contribution >= 0.6 is 22.7 Å². The van der Waals surface area contributed by atoms with Gasteiger partial charge in [-0.3, -0.25) is 4.79 Å². The number of thiophene rings is 1. The van der Waals surface area contributed by atoms with E-state index in [1.807, 2.05) is 42.3 Å². The average molecular weight is 358 g/mol. The molecule has 0 bridgehead atoms. The number of nitrogens with zero attached hydrogens (tertiary/aromatic N) is 2. The van der Waals surface area contributed by atoms with E-state index >= 15 is 0 Å². The number of hydrogen-bond donors (Lipinski definition) is 1. The maximum absolute atomic E-state index is 12.8. The highest BCUT2D eigenvalue weighted by Gasteiger charge is 2.24. The Hall–Kier alpha value is -1.76. The molecule has 4 rings (SSSR count). The molecule has 1 fully saturated rings. The maximum Gasteiger partial charge on any atom is 0.263 e. The Morgan fingerprint density at radius 1 is 1.17 bits per heavy atom. The van der Waals surface area contributed by atoms with Crippen LogP contribution in [0.25, 0.3) is 20.1 Å². The van der Waals surface area contributed by atoms with Crippen LogP contribution in [0.3, 0.4) is 0 Å². The Bertz CT molecular complexity index is 831. The van der Waals surface area contributed by atoms with Crippen molar-refractivity contribution in [3.63, 3.8) is 0 Å². The van der Waals surface area contributed by atoms with Crippen molar-refractivity contribution in [1.82, 2.24) is 15.2 Å². The Morgan fingerprint density at radius 2 is 1.96 bits per heavy atom. The zero-order valence-electron chi connectivity index (χ0n) is 13.5. The molecule has 3 aromatic rings. The molecule has 1 N–H and O–H groups in total. The fraction of sp³-hybridized carbons (Fsp3) is 0.333. The van der Waals surface area contributed by atoms with Crippen LogP contribution in [0.15, 0.2) is 36.4 Å². The molecule has 6 heteroatoms. The fourth-order valence-electron chi connectivity index (χ4n) is 3.08. The van der Waals surface area contributed by atoms with Gasteiger partial charge < -0.3 is 10.2 Å². The standard InChI is InChI=1S/C18H19N3OS2/c1-21(12-8-10-19-11-9-12)18(22)16-7-6-15(23-16)17-20-13-4-2-3-5-14(13)24-17/h2-7,12,19H,8-11H2,1H3. The molecule has 124 valence electrons. The molecule has 2 aromatic heterocycles. The highest BCUT2D eigenvalue weighted by atomic mass is 32.1. The molecule has 0 spiro atoms. The molecule has 1 amide bonds. The summed E-state index contributed by atoms with van der Waals surface area (Å²) < 4.78 is 1.18. The van der Waals surface area contributed by atoms with Gasteiger partial charge in [0, 0.05) is 13.1 Å². The second-order valence-corrected chi connectivity index (χ2v) is 8.16. The van der Waals surface area contributed by atoms with E-state index in [1.54, 1.807) is 22.7 Å². The van der Waals surface area contributed by atoms with Gasteiger partial charge in [0.25, 0.3) is 5.91 Å². The van der Waals surface area contributed by atoms with Crippen LogP contribution in [0.4, 0.5) is 0 Å². The summed E-state index contributed by atoms with van der Waals surface area (Å²) in [4.78, 5) is 21.2. The first-order valence-electron chi connectivity index (χ1n) is 8.16. The molecule has 4 nitrogen and oxygen atoms in total. The summed E-state index contributed by atoms with van der Waals surface area (Å²) in [5.41, 5.74) is 1.02. The molecule has 0 radical (unpaired) electrons. The number of carbonyl (C=O) groups excluding carboxylic acids is 1. The highest BCUT2D eigenvalue weighted by molar-refractivity contribution is 7.26. The number of carbonyl (C=O) groups is 1. The van der Waals surface area contributed by atoms with Gasteiger partial charge in [0.05, 0.1) is 20.0 Å². The van der Waals surface area contributed by atoms with Crippen LogP contribution in [0.5, 0.6) is 0 Å². The number of aromatic nitrogens is 1. The minimum Gasteiger partial charge on any atom is -0.338 e. The smallest absolute Gasteiger partial charge is 0.263 e. The highest BCUT2D eigenvalue weighted by Crippen LogP contribution is 2.34. The monoisotopic (exact) mass is 357 g/mol. The third-order valence-corrected chi connectivity index (χ3v) is 6.78. The van der Waals surface area contributed by atoms with E-state index in [1.165, 1.54) is 4.70 Å². The number of thiazole rings is 1. The number of nitrogens with one attached hydrogen (secondary N) is 1. The predicted molar refractivity (Wildman–Crippen MR) is 101 cm³/mol. The van der Waals surface area contributed by atoms with Crippen molar-refractivity contribution in [3.05, 3.63) is 41.3 Å². The van der Waals surface area contributed by atoms with Crippen molar-refractivity contribution in [2.45, 2.75) is 18.9 Å². The van der Waals surface area contributed by atoms with Gasteiger partial charge >= 0.3 is 0 Å². The molecular weight excluding hydrogens is 338 g/mol. The molecule has 0 unspecified atom stereocenters. The minimum atomic E-state index is 0.124. The maximum atomic E-state index is 12.8. The molecule has 0 atom stereocenters. The Morgan fingerprint density at radius 3 is 2.75 bits per heavy atom. The van der Waals surface area contributed by atoms with Crippen LogP contribution < -0.4 is 5.32 Å². The van der Waals surface area contributed by atoms with Gasteiger partial charge in [-0.1, -0.05) is 12.1 Å². The van der Waals surface area contributed by atoms with Crippen molar-refractivity contribution in [2.75, 3.05) is 20.1 Å². The van der Waals surface area contributed by atoms with Crippen LogP contribution in [0.1, 0.15) is 22.5 Å². The van der Waals surface area contributed by atoms with E-state index in [2.05, 4.69) is 16.4 Å². The van der Waals surface area contributed by atoms with Crippen molar-refractivity contribution in [2.24, 2.45) is 0 Å². The lowest BCUT2D eigenvalue weighted by Gasteiger charge is -2.31. The van der Waals surface area contributed by atoms with E-state index < -0.39 is 0 Å². The quantitative estimate of drug-likeness (QED) is 0.774. The molecule has 3 heterocycles. The van der Waals surface area contributed by atoms with Crippen LogP contribution in [0.2, 0.25) is 0 Å². The summed E-state index contributed by atoms with van der Waals surface area (Å²) in [6, 6.07) is 12.4. The first kappa shape index (κ1) is 15.7. The molecule has 24 heavy (non-hydrogen) atoms. The lowest BCUT2D eigenvalue weighted by molar-refractivity contribution is 0.0708. The molecule has 1 aliphatic rings. The SMILES string of the molecule is CN(C(=O)c1ccc(-c2nc3ccccc3s2)s1)C1CCNCC1. The lowest BCUT2D eigenvalue weighted by atomic mass is 10.1. The second-order valence-electron chi connectivity index (χ2n) is 6.05. The molecular formula is C18H19N3OS2. The summed E-state index contributed by atoms with van der Waals surface area (Å²) in [5, 5.41) is 4.33. The van der Waals surface area contributed by atoms with Gasteiger partial charge in [-0.25, -0.2) is 4.98 Å². The van der Waals surface area contributed by atoms with E-state index in [0.717, 1.165) is 46.2 Å².